The van der Waals surface area contributed by atoms with Crippen LogP contribution in [0.4, 0.5) is 23.7 Å². The Balaban J connectivity index is 1.80. The first-order valence-electron chi connectivity index (χ1n) is 10.3. The van der Waals surface area contributed by atoms with Crippen molar-refractivity contribution in [3.05, 3.63) is 93.5 Å². The molecule has 1 amide bonds. The van der Waals surface area contributed by atoms with Crippen LogP contribution in [0.5, 0.6) is 5.75 Å². The number of benzene rings is 3. The highest BCUT2D eigenvalue weighted by molar-refractivity contribution is 9.10. The lowest BCUT2D eigenvalue weighted by molar-refractivity contribution is -0.137. The largest absolute Gasteiger partial charge is 0.497 e. The molecule has 1 aliphatic rings. The molecule has 0 aliphatic carbocycles. The van der Waals surface area contributed by atoms with Crippen molar-refractivity contribution in [2.45, 2.75) is 31.7 Å². The Morgan fingerprint density at radius 3 is 2.55 bits per heavy atom. The van der Waals surface area contributed by atoms with Crippen molar-refractivity contribution in [1.82, 2.24) is 0 Å². The van der Waals surface area contributed by atoms with E-state index in [1.54, 1.807) is 54.6 Å². The van der Waals surface area contributed by atoms with Crippen LogP contribution in [0.15, 0.2) is 71.2 Å². The molecule has 1 atom stereocenters. The quantitative estimate of drug-likeness (QED) is 0.362. The van der Waals surface area contributed by atoms with E-state index < -0.39 is 23.9 Å². The fourth-order valence-electron chi connectivity index (χ4n) is 4.10. The molecule has 3 aromatic carbocycles. The number of alkyl halides is 3. The van der Waals surface area contributed by atoms with Gasteiger partial charge in [-0.2, -0.15) is 13.2 Å². The molecule has 172 valence electrons. The van der Waals surface area contributed by atoms with Crippen LogP contribution in [0.25, 0.3) is 0 Å². The second-order valence-corrected chi connectivity index (χ2v) is 8.62. The fourth-order valence-corrected chi connectivity index (χ4v) is 4.60. The van der Waals surface area contributed by atoms with Crippen LogP contribution < -0.4 is 9.64 Å². The molecule has 0 saturated carbocycles. The summed E-state index contributed by atoms with van der Waals surface area (Å²) >= 11 is 3.18. The molecule has 0 bridgehead atoms. The number of rotatable bonds is 4. The zero-order valence-corrected chi connectivity index (χ0v) is 19.3. The van der Waals surface area contributed by atoms with E-state index >= 15 is 0 Å². The van der Waals surface area contributed by atoms with Gasteiger partial charge in [-0.3, -0.25) is 4.90 Å². The fraction of sp³-hybridized carbons (Fsp3) is 0.240. The van der Waals surface area contributed by atoms with E-state index in [2.05, 4.69) is 15.9 Å². The van der Waals surface area contributed by atoms with Gasteiger partial charge < -0.3 is 9.47 Å². The third kappa shape index (κ3) is 5.00. The first kappa shape index (κ1) is 23.2. The molecule has 0 fully saturated rings. The smallest absolute Gasteiger partial charge is 0.418 e. The number of methoxy groups -OCH3 is 1. The monoisotopic (exact) mass is 519 g/mol. The molecule has 3 aromatic rings. The second-order valence-electron chi connectivity index (χ2n) is 7.70. The number of aryl methyl sites for hydroxylation is 1. The predicted molar refractivity (Wildman–Crippen MR) is 122 cm³/mol. The van der Waals surface area contributed by atoms with Crippen molar-refractivity contribution in [3.8, 4) is 5.75 Å². The van der Waals surface area contributed by atoms with Gasteiger partial charge in [0.05, 0.1) is 24.4 Å². The molecule has 0 radical (unpaired) electrons. The lowest BCUT2D eigenvalue weighted by Gasteiger charge is -2.38. The summed E-state index contributed by atoms with van der Waals surface area (Å²) < 4.78 is 53.3. The van der Waals surface area contributed by atoms with Crippen LogP contribution in [-0.2, 0) is 23.9 Å². The Hall–Kier alpha value is -3.00. The van der Waals surface area contributed by atoms with E-state index in [0.29, 0.717) is 34.2 Å². The molecule has 1 aliphatic heterocycles. The van der Waals surface area contributed by atoms with Crippen molar-refractivity contribution < 1.29 is 27.4 Å². The number of hydrogen-bond acceptors (Lipinski definition) is 3. The van der Waals surface area contributed by atoms with Crippen LogP contribution in [0.3, 0.4) is 0 Å². The maximum atomic E-state index is 14.1. The minimum absolute atomic E-state index is 0.0474. The first-order valence-corrected chi connectivity index (χ1v) is 11.1. The summed E-state index contributed by atoms with van der Waals surface area (Å²) in [7, 11) is 1.51. The van der Waals surface area contributed by atoms with Crippen LogP contribution in [-0.4, -0.2) is 13.2 Å². The Morgan fingerprint density at radius 2 is 1.85 bits per heavy atom. The van der Waals surface area contributed by atoms with Gasteiger partial charge in [0.1, 0.15) is 12.4 Å². The highest BCUT2D eigenvalue weighted by Crippen LogP contribution is 2.47. The molecule has 33 heavy (non-hydrogen) atoms. The summed E-state index contributed by atoms with van der Waals surface area (Å²) in [5, 5.41) is 0. The van der Waals surface area contributed by atoms with E-state index in [0.717, 1.165) is 16.5 Å². The summed E-state index contributed by atoms with van der Waals surface area (Å²) in [6.07, 6.45) is -4.67. The Bertz CT molecular complexity index is 1150. The third-order valence-corrected chi connectivity index (χ3v) is 6.04. The normalized spacial score (nSPS) is 15.7. The zero-order valence-electron chi connectivity index (χ0n) is 17.7. The molecule has 0 N–H and O–H groups in total. The van der Waals surface area contributed by atoms with Gasteiger partial charge in [-0.1, -0.05) is 58.4 Å². The van der Waals surface area contributed by atoms with Gasteiger partial charge in [-0.25, -0.2) is 4.79 Å². The number of nitrogens with zero attached hydrogens (tertiary/aromatic N) is 1. The van der Waals surface area contributed by atoms with Crippen LogP contribution >= 0.6 is 15.9 Å². The maximum Gasteiger partial charge on any atom is 0.418 e. The van der Waals surface area contributed by atoms with Gasteiger partial charge in [0.25, 0.3) is 0 Å². The van der Waals surface area contributed by atoms with Crippen LogP contribution in [0, 0.1) is 0 Å². The molecule has 4 rings (SSSR count). The molecule has 8 heteroatoms. The number of carbonyl (C=O) groups excluding carboxylic acids is 1. The minimum atomic E-state index is -4.65. The number of fused-ring (bicyclic) bond motifs is 1. The number of amides is 1. The Labute approximate surface area is 198 Å². The van der Waals surface area contributed by atoms with Crippen molar-refractivity contribution in [1.29, 1.82) is 0 Å². The lowest BCUT2D eigenvalue weighted by Crippen LogP contribution is -2.40. The standard InChI is InChI=1S/C25H21BrF3NO3/c1-32-20-9-5-8-17(13-20)22-11-10-18-12-19(26)14-21(25(27,28)29)23(18)30(22)24(31)33-15-16-6-3-2-4-7-16/h2-9,12-14,22H,10-11,15H2,1H3. The van der Waals surface area contributed by atoms with E-state index in [9.17, 15) is 18.0 Å². The average Bonchev–Trinajstić information content (AvgIpc) is 2.81. The van der Waals surface area contributed by atoms with Gasteiger partial charge >= 0.3 is 12.3 Å². The summed E-state index contributed by atoms with van der Waals surface area (Å²) in [5.41, 5.74) is 0.812. The molecule has 0 saturated heterocycles. The van der Waals surface area contributed by atoms with E-state index in [1.165, 1.54) is 7.11 Å². The van der Waals surface area contributed by atoms with Crippen molar-refractivity contribution >= 4 is 27.7 Å². The third-order valence-electron chi connectivity index (χ3n) is 5.58. The van der Waals surface area contributed by atoms with E-state index in [-0.39, 0.29) is 12.3 Å². The minimum Gasteiger partial charge on any atom is -0.497 e. The molecule has 1 heterocycles. The van der Waals surface area contributed by atoms with Gasteiger partial charge in [0.15, 0.2) is 0 Å². The van der Waals surface area contributed by atoms with Crippen molar-refractivity contribution in [2.24, 2.45) is 0 Å². The summed E-state index contributed by atoms with van der Waals surface area (Å²) in [4.78, 5) is 14.5. The number of halogens is 4. The number of hydrogen-bond donors (Lipinski definition) is 0. The molecule has 0 aromatic heterocycles. The number of ether oxygens (including phenoxy) is 2. The Kier molecular flexibility index (Phi) is 6.65. The average molecular weight is 520 g/mol. The van der Waals surface area contributed by atoms with E-state index in [1.807, 2.05) is 6.07 Å². The van der Waals surface area contributed by atoms with Crippen LogP contribution in [0.2, 0.25) is 0 Å². The van der Waals surface area contributed by atoms with E-state index in [4.69, 9.17) is 9.47 Å². The molecule has 0 spiro atoms. The SMILES string of the molecule is COc1cccc(C2CCc3cc(Br)cc(C(F)(F)F)c3N2C(=O)OCc2ccccc2)c1. The van der Waals surface area contributed by atoms with Gasteiger partial charge in [0.2, 0.25) is 0 Å². The Morgan fingerprint density at radius 1 is 1.09 bits per heavy atom. The molecule has 4 nitrogen and oxygen atoms in total. The van der Waals surface area contributed by atoms with Crippen LogP contribution in [0.1, 0.15) is 34.7 Å². The lowest BCUT2D eigenvalue weighted by atomic mass is 9.89. The summed E-state index contributed by atoms with van der Waals surface area (Å²) in [6, 6.07) is 18.0. The maximum absolute atomic E-state index is 14.1. The van der Waals surface area contributed by atoms with Crippen molar-refractivity contribution in [2.75, 3.05) is 12.0 Å². The molecular formula is C25H21BrF3NO3. The topological polar surface area (TPSA) is 38.8 Å². The predicted octanol–water partition coefficient (Wildman–Crippen LogP) is 7.31. The molecule has 1 unspecified atom stereocenters. The highest BCUT2D eigenvalue weighted by atomic mass is 79.9. The van der Waals surface area contributed by atoms with Gasteiger partial charge in [0, 0.05) is 4.47 Å². The van der Waals surface area contributed by atoms with Gasteiger partial charge in [-0.05, 0) is 53.8 Å². The number of anilines is 1. The first-order chi connectivity index (χ1) is 15.8. The summed E-state index contributed by atoms with van der Waals surface area (Å²) in [6.45, 7) is -0.0474. The van der Waals surface area contributed by atoms with Gasteiger partial charge in [-0.15, -0.1) is 0 Å². The number of carbonyl (C=O) groups is 1. The molecular weight excluding hydrogens is 499 g/mol. The highest BCUT2D eigenvalue weighted by Gasteiger charge is 2.42. The van der Waals surface area contributed by atoms with Crippen molar-refractivity contribution in [3.63, 3.8) is 0 Å². The zero-order chi connectivity index (χ0) is 23.6. The summed E-state index contributed by atoms with van der Waals surface area (Å²) in [5.74, 6) is 0.558. The second kappa shape index (κ2) is 9.47.